The van der Waals surface area contributed by atoms with Crippen molar-refractivity contribution in [3.05, 3.63) is 139 Å². The predicted molar refractivity (Wildman–Crippen MR) is 139 cm³/mol. The fourth-order valence-electron chi connectivity index (χ4n) is 4.15. The molecule has 0 nitrogen and oxygen atoms in total. The van der Waals surface area contributed by atoms with Gasteiger partial charge in [0.25, 0.3) is 0 Å². The zero-order valence-corrected chi connectivity index (χ0v) is 20.9. The van der Waals surface area contributed by atoms with Crippen LogP contribution in [0.1, 0.15) is 39.3 Å². The first-order valence-corrected chi connectivity index (χ1v) is 12.3. The molecule has 4 aromatic carbocycles. The van der Waals surface area contributed by atoms with E-state index in [1.165, 1.54) is 37.9 Å². The van der Waals surface area contributed by atoms with Gasteiger partial charge in [-0.05, 0) is 78.1 Å². The van der Waals surface area contributed by atoms with Crippen molar-refractivity contribution in [1.82, 2.24) is 0 Å². The number of rotatable bonds is 7. The van der Waals surface area contributed by atoms with Gasteiger partial charge in [-0.25, -0.2) is 0 Å². The first-order valence-electron chi connectivity index (χ1n) is 10.7. The summed E-state index contributed by atoms with van der Waals surface area (Å²) in [6.45, 7) is 2.14. The lowest BCUT2D eigenvalue weighted by Crippen LogP contribution is -2.10. The molecule has 4 rings (SSSR count). The van der Waals surface area contributed by atoms with Gasteiger partial charge in [-0.1, -0.05) is 116 Å². The number of hydrogen-bond donors (Lipinski definition) is 0. The van der Waals surface area contributed by atoms with Crippen LogP contribution in [0.4, 0.5) is 0 Å². The average Bonchev–Trinajstić information content (AvgIpc) is 2.78. The molecular weight excluding hydrogens is 508 g/mol. The van der Waals surface area contributed by atoms with Crippen LogP contribution in [-0.2, 0) is 19.3 Å². The lowest BCUT2D eigenvalue weighted by molar-refractivity contribution is 0.671. The molecule has 0 N–H and O–H groups in total. The molecular formula is C29H26Br2. The van der Waals surface area contributed by atoms with Crippen molar-refractivity contribution in [3.8, 4) is 0 Å². The highest BCUT2D eigenvalue weighted by Crippen LogP contribution is 2.32. The molecule has 1 unspecified atom stereocenters. The Balaban J connectivity index is 1.69. The van der Waals surface area contributed by atoms with Crippen LogP contribution in [0.3, 0.4) is 0 Å². The molecule has 0 saturated heterocycles. The zero-order chi connectivity index (χ0) is 21.6. The predicted octanol–water partition coefficient (Wildman–Crippen LogP) is 8.68. The summed E-state index contributed by atoms with van der Waals surface area (Å²) < 4.78 is 2.31. The van der Waals surface area contributed by atoms with Gasteiger partial charge in [0.1, 0.15) is 0 Å². The molecule has 2 heteroatoms. The van der Waals surface area contributed by atoms with Crippen molar-refractivity contribution < 1.29 is 0 Å². The van der Waals surface area contributed by atoms with Crippen molar-refractivity contribution in [2.75, 3.05) is 0 Å². The Labute approximate surface area is 202 Å². The Morgan fingerprint density at radius 3 is 1.94 bits per heavy atom. The van der Waals surface area contributed by atoms with E-state index in [4.69, 9.17) is 0 Å². The molecule has 1 atom stereocenters. The van der Waals surface area contributed by atoms with E-state index in [9.17, 15) is 0 Å². The summed E-state index contributed by atoms with van der Waals surface area (Å²) in [6.07, 6.45) is 2.98. The Morgan fingerprint density at radius 2 is 1.23 bits per heavy atom. The van der Waals surface area contributed by atoms with Gasteiger partial charge < -0.3 is 0 Å². The van der Waals surface area contributed by atoms with E-state index in [2.05, 4.69) is 136 Å². The van der Waals surface area contributed by atoms with Crippen LogP contribution in [-0.4, -0.2) is 0 Å². The maximum Gasteiger partial charge on any atom is 0.0207 e. The van der Waals surface area contributed by atoms with Crippen molar-refractivity contribution in [3.63, 3.8) is 0 Å². The summed E-state index contributed by atoms with van der Waals surface area (Å²) in [5, 5.41) is 0. The molecule has 4 aromatic rings. The third-order valence-corrected chi connectivity index (χ3v) is 7.13. The molecule has 0 aliphatic heterocycles. The highest BCUT2D eigenvalue weighted by atomic mass is 79.9. The quantitative estimate of drug-likeness (QED) is 0.223. The summed E-state index contributed by atoms with van der Waals surface area (Å²) in [4.78, 5) is 0. The topological polar surface area (TPSA) is 0 Å². The van der Waals surface area contributed by atoms with Crippen LogP contribution in [0, 0.1) is 6.92 Å². The molecule has 156 valence electrons. The van der Waals surface area contributed by atoms with Gasteiger partial charge in [0.2, 0.25) is 0 Å². The van der Waals surface area contributed by atoms with Crippen LogP contribution in [0.25, 0.3) is 0 Å². The van der Waals surface area contributed by atoms with E-state index < -0.39 is 0 Å². The lowest BCUT2D eigenvalue weighted by atomic mass is 9.83. The highest BCUT2D eigenvalue weighted by Gasteiger charge is 2.18. The van der Waals surface area contributed by atoms with Gasteiger partial charge in [-0.15, -0.1) is 0 Å². The second-order valence-corrected chi connectivity index (χ2v) is 9.95. The van der Waals surface area contributed by atoms with Gasteiger partial charge in [-0.2, -0.15) is 0 Å². The molecule has 0 amide bonds. The van der Waals surface area contributed by atoms with Crippen LogP contribution in [0.2, 0.25) is 0 Å². The zero-order valence-electron chi connectivity index (χ0n) is 17.7. The van der Waals surface area contributed by atoms with Gasteiger partial charge >= 0.3 is 0 Å². The van der Waals surface area contributed by atoms with Gasteiger partial charge in [-0.3, -0.25) is 0 Å². The Hall–Kier alpha value is -2.16. The number of aryl methyl sites for hydroxylation is 1. The highest BCUT2D eigenvalue weighted by molar-refractivity contribution is 9.10. The summed E-state index contributed by atoms with van der Waals surface area (Å²) in [7, 11) is 0. The Kier molecular flexibility index (Phi) is 7.42. The molecule has 0 spiro atoms. The second kappa shape index (κ2) is 10.4. The second-order valence-electron chi connectivity index (χ2n) is 8.18. The van der Waals surface area contributed by atoms with E-state index in [-0.39, 0.29) is 0 Å². The van der Waals surface area contributed by atoms with Crippen LogP contribution < -0.4 is 0 Å². The molecule has 0 aliphatic carbocycles. The third-order valence-electron chi connectivity index (χ3n) is 5.83. The van der Waals surface area contributed by atoms with E-state index in [1.807, 2.05) is 0 Å². The fraction of sp³-hybridized carbons (Fsp3) is 0.172. The lowest BCUT2D eigenvalue weighted by Gasteiger charge is -2.22. The standard InChI is InChI=1S/C29H26Br2/c1-21-10-12-22(13-11-21)18-24-6-2-4-8-28(24)26(19-23-14-16-27(30)17-15-23)20-25-7-3-5-9-29(25)31/h2-17,26H,18-20H2,1H3. The smallest absolute Gasteiger partial charge is 0.0207 e. The van der Waals surface area contributed by atoms with Crippen LogP contribution in [0.15, 0.2) is 106 Å². The minimum atomic E-state index is 0.404. The van der Waals surface area contributed by atoms with Crippen LogP contribution >= 0.6 is 31.9 Å². The van der Waals surface area contributed by atoms with Gasteiger partial charge in [0.15, 0.2) is 0 Å². The monoisotopic (exact) mass is 532 g/mol. The first kappa shape index (κ1) is 22.0. The number of halogens is 2. The maximum atomic E-state index is 3.77. The third kappa shape index (κ3) is 5.96. The minimum Gasteiger partial charge on any atom is -0.0620 e. The van der Waals surface area contributed by atoms with Crippen molar-refractivity contribution >= 4 is 31.9 Å². The molecule has 0 bridgehead atoms. The Bertz CT molecular complexity index is 1130. The maximum absolute atomic E-state index is 3.77. The van der Waals surface area contributed by atoms with E-state index in [0.29, 0.717) is 5.92 Å². The van der Waals surface area contributed by atoms with Crippen molar-refractivity contribution in [1.29, 1.82) is 0 Å². The molecule has 0 fully saturated rings. The van der Waals surface area contributed by atoms with Crippen LogP contribution in [0.5, 0.6) is 0 Å². The average molecular weight is 534 g/mol. The van der Waals surface area contributed by atoms with Crippen molar-refractivity contribution in [2.45, 2.75) is 32.1 Å². The summed E-state index contributed by atoms with van der Waals surface area (Å²) >= 11 is 7.33. The molecule has 0 aliphatic rings. The van der Waals surface area contributed by atoms with Crippen molar-refractivity contribution in [2.24, 2.45) is 0 Å². The molecule has 0 radical (unpaired) electrons. The largest absolute Gasteiger partial charge is 0.0620 e. The number of hydrogen-bond acceptors (Lipinski definition) is 0. The molecule has 0 aromatic heterocycles. The van der Waals surface area contributed by atoms with E-state index in [1.54, 1.807) is 0 Å². The Morgan fingerprint density at radius 1 is 0.613 bits per heavy atom. The SMILES string of the molecule is Cc1ccc(Cc2ccccc2C(Cc2ccc(Br)cc2)Cc2ccccc2Br)cc1. The van der Waals surface area contributed by atoms with E-state index in [0.717, 1.165) is 23.7 Å². The summed E-state index contributed by atoms with van der Waals surface area (Å²) in [6, 6.07) is 35.2. The summed E-state index contributed by atoms with van der Waals surface area (Å²) in [5.41, 5.74) is 8.25. The molecule has 0 saturated carbocycles. The van der Waals surface area contributed by atoms with E-state index >= 15 is 0 Å². The van der Waals surface area contributed by atoms with Gasteiger partial charge in [0, 0.05) is 8.95 Å². The normalized spacial score (nSPS) is 12.0. The summed E-state index contributed by atoms with van der Waals surface area (Å²) in [5.74, 6) is 0.404. The molecule has 0 heterocycles. The fourth-order valence-corrected chi connectivity index (χ4v) is 4.86. The molecule has 31 heavy (non-hydrogen) atoms. The van der Waals surface area contributed by atoms with Gasteiger partial charge in [0.05, 0.1) is 0 Å². The number of benzene rings is 4. The first-order chi connectivity index (χ1) is 15.1. The minimum absolute atomic E-state index is 0.404.